The highest BCUT2D eigenvalue weighted by Gasteiger charge is 2.67. The van der Waals surface area contributed by atoms with E-state index in [1.165, 1.54) is 0 Å². The van der Waals surface area contributed by atoms with E-state index >= 15 is 0 Å². The molecule has 0 heterocycles. The maximum absolute atomic E-state index is 13.1. The second-order valence-corrected chi connectivity index (χ2v) is 5.03. The van der Waals surface area contributed by atoms with Gasteiger partial charge in [-0.3, -0.25) is 0 Å². The molecule has 0 aromatic rings. The Labute approximate surface area is 109 Å². The fourth-order valence-corrected chi connectivity index (χ4v) is 2.26. The molecule has 0 fully saturated rings. The van der Waals surface area contributed by atoms with Crippen LogP contribution in [0.25, 0.3) is 0 Å². The van der Waals surface area contributed by atoms with Gasteiger partial charge in [0.05, 0.1) is 0 Å². The zero-order valence-corrected chi connectivity index (χ0v) is 10.7. The Hall–Kier alpha value is 0.150. The van der Waals surface area contributed by atoms with Crippen LogP contribution in [0.4, 0.5) is 30.7 Å². The van der Waals surface area contributed by atoms with Gasteiger partial charge in [-0.15, -0.1) is 11.6 Å². The normalized spacial score (nSPS) is 17.8. The first-order valence-corrected chi connectivity index (χ1v) is 6.68. The lowest BCUT2D eigenvalue weighted by Crippen LogP contribution is -2.55. The Kier molecular flexibility index (Phi) is 7.73. The van der Waals surface area contributed by atoms with Gasteiger partial charge in [0, 0.05) is 11.6 Å². The van der Waals surface area contributed by atoms with E-state index in [4.69, 9.17) is 11.6 Å². The lowest BCUT2D eigenvalue weighted by molar-refractivity contribution is -0.284. The molecular formula is C9H12ClF7S. The number of hydrogen-bond acceptors (Lipinski definition) is 1. The van der Waals surface area contributed by atoms with Crippen LogP contribution in [-0.4, -0.2) is 41.8 Å². The van der Waals surface area contributed by atoms with Crippen LogP contribution in [0.5, 0.6) is 0 Å². The van der Waals surface area contributed by atoms with Crippen molar-refractivity contribution in [2.75, 3.05) is 17.4 Å². The van der Waals surface area contributed by atoms with E-state index in [1.807, 2.05) is 0 Å². The van der Waals surface area contributed by atoms with Crippen molar-refractivity contribution in [3.8, 4) is 0 Å². The average Bonchev–Trinajstić information content (AvgIpc) is 2.25. The number of unbranched alkanes of at least 4 members (excludes halogenated alkanes) is 1. The van der Waals surface area contributed by atoms with Gasteiger partial charge in [-0.05, 0) is 18.6 Å². The minimum absolute atomic E-state index is 0.240. The molecule has 0 nitrogen and oxygen atoms in total. The lowest BCUT2D eigenvalue weighted by Gasteiger charge is -2.29. The molecule has 18 heavy (non-hydrogen) atoms. The predicted octanol–water partition coefficient (Wildman–Crippen LogP) is 4.61. The molecule has 0 spiro atoms. The van der Waals surface area contributed by atoms with Crippen LogP contribution in [0.15, 0.2) is 0 Å². The molecular weight excluding hydrogens is 309 g/mol. The summed E-state index contributed by atoms with van der Waals surface area (Å²) in [5.41, 5.74) is -5.10. The van der Waals surface area contributed by atoms with Crippen LogP contribution < -0.4 is 0 Å². The Balaban J connectivity index is 4.38. The Morgan fingerprint density at radius 3 is 1.94 bits per heavy atom. The maximum Gasteiger partial charge on any atom is 0.431 e. The van der Waals surface area contributed by atoms with Gasteiger partial charge >= 0.3 is 6.18 Å². The molecule has 0 aromatic heterocycles. The van der Waals surface area contributed by atoms with Crippen molar-refractivity contribution in [3.63, 3.8) is 0 Å². The Morgan fingerprint density at radius 2 is 1.56 bits per heavy atom. The molecule has 9 heteroatoms. The van der Waals surface area contributed by atoms with Crippen LogP contribution in [0.2, 0.25) is 0 Å². The van der Waals surface area contributed by atoms with Gasteiger partial charge < -0.3 is 0 Å². The van der Waals surface area contributed by atoms with Crippen molar-refractivity contribution in [1.29, 1.82) is 0 Å². The zero-order valence-electron chi connectivity index (χ0n) is 9.12. The summed E-state index contributed by atoms with van der Waals surface area (Å²) >= 11 is 5.98. The summed E-state index contributed by atoms with van der Waals surface area (Å²) in [6, 6.07) is 0. The molecule has 0 rings (SSSR count). The van der Waals surface area contributed by atoms with E-state index in [9.17, 15) is 30.7 Å². The summed E-state index contributed by atoms with van der Waals surface area (Å²) in [5, 5.41) is 0. The van der Waals surface area contributed by atoms with Crippen LogP contribution in [-0.2, 0) is 0 Å². The van der Waals surface area contributed by atoms with Crippen molar-refractivity contribution in [1.82, 2.24) is 0 Å². The van der Waals surface area contributed by atoms with Gasteiger partial charge in [-0.2, -0.15) is 24.9 Å². The second kappa shape index (κ2) is 7.67. The molecule has 0 aliphatic carbocycles. The topological polar surface area (TPSA) is 0 Å². The number of alkyl halides is 8. The first-order valence-electron chi connectivity index (χ1n) is 4.99. The molecule has 0 saturated heterocycles. The fraction of sp³-hybridized carbons (Fsp3) is 1.00. The van der Waals surface area contributed by atoms with Gasteiger partial charge in [0.1, 0.15) is 0 Å². The molecule has 110 valence electrons. The van der Waals surface area contributed by atoms with Gasteiger partial charge in [-0.1, -0.05) is 0 Å². The summed E-state index contributed by atoms with van der Waals surface area (Å²) in [6.07, 6.45) is -12.6. The largest absolute Gasteiger partial charge is 0.431 e. The molecule has 0 radical (unpaired) electrons. The summed E-state index contributed by atoms with van der Waals surface area (Å²) in [6.45, 7) is 0. The third-order valence-corrected chi connectivity index (χ3v) is 3.52. The minimum Gasteiger partial charge on any atom is -0.242 e. The van der Waals surface area contributed by atoms with Crippen molar-refractivity contribution in [2.24, 2.45) is 0 Å². The quantitative estimate of drug-likeness (QED) is 0.357. The number of hydrogen-bond donors (Lipinski definition) is 0. The van der Waals surface area contributed by atoms with Gasteiger partial charge in [0.2, 0.25) is 0 Å². The van der Waals surface area contributed by atoms with Crippen LogP contribution in [0, 0.1) is 0 Å². The van der Waals surface area contributed by atoms with Crippen LogP contribution in [0.1, 0.15) is 12.8 Å². The molecule has 0 aromatic carbocycles. The van der Waals surface area contributed by atoms with Gasteiger partial charge in [0.15, 0.2) is 6.17 Å². The lowest BCUT2D eigenvalue weighted by atomic mass is 10.0. The third kappa shape index (κ3) is 4.68. The smallest absolute Gasteiger partial charge is 0.242 e. The van der Waals surface area contributed by atoms with Crippen molar-refractivity contribution >= 4 is 23.4 Å². The first-order chi connectivity index (χ1) is 8.17. The Morgan fingerprint density at radius 1 is 1.00 bits per heavy atom. The van der Waals surface area contributed by atoms with E-state index in [0.29, 0.717) is 30.5 Å². The monoisotopic (exact) mass is 320 g/mol. The predicted molar refractivity (Wildman–Crippen MR) is 58.1 cm³/mol. The van der Waals surface area contributed by atoms with E-state index < -0.39 is 30.2 Å². The molecule has 0 bridgehead atoms. The maximum atomic E-state index is 13.1. The number of thioether (sulfide) groups is 1. The summed E-state index contributed by atoms with van der Waals surface area (Å²) < 4.78 is 86.7. The first kappa shape index (κ1) is 18.1. The molecule has 2 atom stereocenters. The fourth-order valence-electron chi connectivity index (χ4n) is 1.04. The average molecular weight is 321 g/mol. The molecule has 0 N–H and O–H groups in total. The van der Waals surface area contributed by atoms with Crippen LogP contribution in [0.3, 0.4) is 0 Å². The summed E-state index contributed by atoms with van der Waals surface area (Å²) in [5.74, 6) is -0.390. The molecule has 0 aliphatic rings. The van der Waals surface area contributed by atoms with Gasteiger partial charge in [-0.25, -0.2) is 17.6 Å². The zero-order chi connectivity index (χ0) is 14.4. The van der Waals surface area contributed by atoms with Crippen LogP contribution >= 0.6 is 23.4 Å². The van der Waals surface area contributed by atoms with E-state index in [-0.39, 0.29) is 5.75 Å². The highest BCUT2D eigenvalue weighted by atomic mass is 35.5. The highest BCUT2D eigenvalue weighted by molar-refractivity contribution is 7.99. The minimum atomic E-state index is -5.93. The van der Waals surface area contributed by atoms with E-state index in [0.717, 1.165) is 0 Å². The number of rotatable bonds is 8. The van der Waals surface area contributed by atoms with E-state index in [1.54, 1.807) is 0 Å². The van der Waals surface area contributed by atoms with Crippen molar-refractivity contribution in [2.45, 2.75) is 37.3 Å². The van der Waals surface area contributed by atoms with Gasteiger partial charge in [0.25, 0.3) is 12.1 Å². The molecule has 0 aliphatic heterocycles. The standard InChI is InChI=1S/C9H12ClF7S/c10-3-1-2-4-18-5-6(11)8(14,7(12)13)9(15,16)17/h6-7H,1-5H2. The highest BCUT2D eigenvalue weighted by Crippen LogP contribution is 2.43. The van der Waals surface area contributed by atoms with E-state index in [2.05, 4.69) is 0 Å². The molecule has 0 amide bonds. The van der Waals surface area contributed by atoms with Crippen molar-refractivity contribution in [3.05, 3.63) is 0 Å². The Bertz CT molecular complexity index is 235. The molecule has 2 unspecified atom stereocenters. The second-order valence-electron chi connectivity index (χ2n) is 3.51. The third-order valence-electron chi connectivity index (χ3n) is 2.14. The van der Waals surface area contributed by atoms with Crippen molar-refractivity contribution < 1.29 is 30.7 Å². The number of halogens is 8. The summed E-state index contributed by atoms with van der Waals surface area (Å²) in [7, 11) is 0. The molecule has 0 saturated carbocycles. The summed E-state index contributed by atoms with van der Waals surface area (Å²) in [4.78, 5) is 0. The SMILES string of the molecule is FC(F)C(F)(C(F)CSCCCCCl)C(F)(F)F.